The Bertz CT molecular complexity index is 914. The predicted octanol–water partition coefficient (Wildman–Crippen LogP) is -9.75. The third-order valence-corrected chi connectivity index (χ3v) is 8.17. The predicted molar refractivity (Wildman–Crippen MR) is 134 cm³/mol. The van der Waals surface area contributed by atoms with Crippen molar-refractivity contribution in [2.45, 2.75) is 123 Å². The lowest BCUT2D eigenvalue weighted by molar-refractivity contribution is -0.368. The quantitative estimate of drug-likeness (QED) is 0.103. The maximum atomic E-state index is 10.7. The van der Waals surface area contributed by atoms with Gasteiger partial charge in [0.2, 0.25) is 0 Å². The van der Waals surface area contributed by atoms with Gasteiger partial charge in [-0.2, -0.15) is 0 Å². The molecule has 14 N–H and O–H groups in total. The van der Waals surface area contributed by atoms with E-state index in [0.29, 0.717) is 0 Å². The van der Waals surface area contributed by atoms with E-state index >= 15 is 0 Å². The van der Waals surface area contributed by atoms with Gasteiger partial charge < -0.3 is 105 Å². The molecule has 4 aliphatic heterocycles. The summed E-state index contributed by atoms with van der Waals surface area (Å²) < 4.78 is 37.6. The monoisotopic (exact) mass is 666 g/mol. The van der Waals surface area contributed by atoms with Crippen LogP contribution in [0.25, 0.3) is 0 Å². The van der Waals surface area contributed by atoms with Crippen LogP contribution in [0, 0.1) is 0 Å². The Kier molecular flexibility index (Phi) is 12.8. The molecule has 4 saturated heterocycles. The van der Waals surface area contributed by atoms with Crippen LogP contribution < -0.4 is 0 Å². The fourth-order valence-corrected chi connectivity index (χ4v) is 5.33. The van der Waals surface area contributed by atoms with Crippen LogP contribution in [-0.4, -0.2) is 221 Å². The molecule has 0 unspecified atom stereocenters. The largest absolute Gasteiger partial charge is 0.394 e. The van der Waals surface area contributed by atoms with Crippen LogP contribution in [0.2, 0.25) is 0 Å². The van der Waals surface area contributed by atoms with Crippen molar-refractivity contribution in [2.24, 2.45) is 0 Å². The number of hydrogen-bond donors (Lipinski definition) is 14. The third-order valence-electron chi connectivity index (χ3n) is 8.17. The fourth-order valence-electron chi connectivity index (χ4n) is 5.33. The Morgan fingerprint density at radius 2 is 0.778 bits per heavy atom. The molecule has 4 fully saturated rings. The van der Waals surface area contributed by atoms with E-state index in [1.165, 1.54) is 0 Å². The van der Waals surface area contributed by atoms with E-state index in [9.17, 15) is 71.5 Å². The summed E-state index contributed by atoms with van der Waals surface area (Å²) in [5.41, 5.74) is 0. The van der Waals surface area contributed by atoms with Crippen LogP contribution in [0.5, 0.6) is 0 Å². The van der Waals surface area contributed by atoms with Crippen LogP contribution in [0.3, 0.4) is 0 Å². The second-order valence-electron chi connectivity index (χ2n) is 11.2. The van der Waals surface area contributed by atoms with E-state index in [1.54, 1.807) is 0 Å². The number of ether oxygens (including phenoxy) is 7. The molecule has 20 atom stereocenters. The van der Waals surface area contributed by atoms with Gasteiger partial charge in [-0.3, -0.25) is 0 Å². The van der Waals surface area contributed by atoms with E-state index in [4.69, 9.17) is 33.2 Å². The zero-order valence-electron chi connectivity index (χ0n) is 23.5. The first-order valence-electron chi connectivity index (χ1n) is 14.1. The van der Waals surface area contributed by atoms with Crippen LogP contribution in [0.4, 0.5) is 0 Å². The summed E-state index contributed by atoms with van der Waals surface area (Å²) in [6.07, 6.45) is -34.9. The van der Waals surface area contributed by atoms with Gasteiger partial charge in [0, 0.05) is 0 Å². The molecular weight excluding hydrogens is 624 g/mol. The molecule has 264 valence electrons. The minimum Gasteiger partial charge on any atom is -0.394 e. The highest BCUT2D eigenvalue weighted by Crippen LogP contribution is 2.31. The molecule has 4 heterocycles. The Labute approximate surface area is 254 Å². The smallest absolute Gasteiger partial charge is 0.187 e. The molecule has 21 nitrogen and oxygen atoms in total. The average Bonchev–Trinajstić information content (AvgIpc) is 3.02. The van der Waals surface area contributed by atoms with Gasteiger partial charge in [0.15, 0.2) is 25.2 Å². The second kappa shape index (κ2) is 15.6. The average molecular weight is 667 g/mol. The molecule has 0 aromatic rings. The summed E-state index contributed by atoms with van der Waals surface area (Å²) in [7, 11) is 0. The van der Waals surface area contributed by atoms with Gasteiger partial charge in [0.05, 0.1) is 26.4 Å². The minimum atomic E-state index is -1.99. The van der Waals surface area contributed by atoms with Gasteiger partial charge in [-0.1, -0.05) is 0 Å². The Morgan fingerprint density at radius 1 is 0.378 bits per heavy atom. The molecule has 0 aromatic carbocycles. The minimum absolute atomic E-state index is 0.692. The molecule has 45 heavy (non-hydrogen) atoms. The second-order valence-corrected chi connectivity index (χ2v) is 11.2. The standard InChI is InChI=1S/C24H42O21/c25-1-5-9(27)12(30)17(35)22(42-5)39-3-7-11(29)14(32)19(37)24(44-7)45-20-8(41-21(38)16(34)15(20)33)4-40-23-18(36)13(31)10(28)6(2-26)43-23/h5-38H,1-4H2/t5-,6-,7-,8-,9+,10+,11-,12+,13+,14+,15-,16+,17-,18-,19+,20-,21+,22+,23+,24+/m1/s1. The van der Waals surface area contributed by atoms with Crippen LogP contribution >= 0.6 is 0 Å². The molecule has 0 saturated carbocycles. The Hall–Kier alpha value is -0.840. The summed E-state index contributed by atoms with van der Waals surface area (Å²) >= 11 is 0. The fraction of sp³-hybridized carbons (Fsp3) is 1.00. The van der Waals surface area contributed by atoms with Gasteiger partial charge in [0.1, 0.15) is 97.7 Å². The Morgan fingerprint density at radius 3 is 1.24 bits per heavy atom. The van der Waals surface area contributed by atoms with Gasteiger partial charge in [-0.25, -0.2) is 0 Å². The molecular formula is C24H42O21. The topological polar surface area (TPSA) is 348 Å². The zero-order valence-corrected chi connectivity index (χ0v) is 23.5. The van der Waals surface area contributed by atoms with Crippen molar-refractivity contribution in [2.75, 3.05) is 26.4 Å². The van der Waals surface area contributed by atoms with E-state index in [0.717, 1.165) is 0 Å². The lowest BCUT2D eigenvalue weighted by atomic mass is 9.96. The molecule has 0 radical (unpaired) electrons. The van der Waals surface area contributed by atoms with Crippen molar-refractivity contribution in [1.82, 2.24) is 0 Å². The lowest BCUT2D eigenvalue weighted by Gasteiger charge is -2.46. The molecule has 0 spiro atoms. The van der Waals surface area contributed by atoms with E-state index in [2.05, 4.69) is 0 Å². The molecule has 4 rings (SSSR count). The summed E-state index contributed by atoms with van der Waals surface area (Å²) in [6, 6.07) is 0. The molecule has 0 amide bonds. The maximum Gasteiger partial charge on any atom is 0.187 e. The van der Waals surface area contributed by atoms with E-state index < -0.39 is 149 Å². The van der Waals surface area contributed by atoms with Gasteiger partial charge >= 0.3 is 0 Å². The van der Waals surface area contributed by atoms with Crippen LogP contribution in [0.15, 0.2) is 0 Å². The highest BCUT2D eigenvalue weighted by Gasteiger charge is 2.52. The van der Waals surface area contributed by atoms with Crippen molar-refractivity contribution in [3.05, 3.63) is 0 Å². The maximum absolute atomic E-state index is 10.7. The summed E-state index contributed by atoms with van der Waals surface area (Å²) in [5, 5.41) is 141. The van der Waals surface area contributed by atoms with Crippen molar-refractivity contribution >= 4 is 0 Å². The van der Waals surface area contributed by atoms with Crippen molar-refractivity contribution in [1.29, 1.82) is 0 Å². The van der Waals surface area contributed by atoms with E-state index in [-0.39, 0.29) is 0 Å². The SMILES string of the molecule is OC[C@H]1O[C@H](OC[C@H]2O[C@@H](O[C@H]3[C@H](O)[C@H](O)[C@@H](O)O[C@@H]3CO[C@H]3O[C@H](CO)[C@H](O)[C@H](O)[C@H]3O)[C@@H](O)[C@@H](O)[C@@H]2O)[C@H](O)[C@@H](O)[C@H]1O. The van der Waals surface area contributed by atoms with Crippen molar-refractivity contribution in [3.63, 3.8) is 0 Å². The number of aliphatic hydroxyl groups is 14. The van der Waals surface area contributed by atoms with Crippen LogP contribution in [-0.2, 0) is 33.2 Å². The van der Waals surface area contributed by atoms with E-state index in [1.807, 2.05) is 0 Å². The van der Waals surface area contributed by atoms with Crippen molar-refractivity contribution < 1.29 is 105 Å². The molecule has 0 bridgehead atoms. The molecule has 4 aliphatic rings. The number of hydrogen-bond acceptors (Lipinski definition) is 21. The molecule has 21 heteroatoms. The number of rotatable bonds is 10. The third kappa shape index (κ3) is 7.75. The van der Waals surface area contributed by atoms with Crippen molar-refractivity contribution in [3.8, 4) is 0 Å². The van der Waals surface area contributed by atoms with Gasteiger partial charge in [-0.15, -0.1) is 0 Å². The summed E-state index contributed by atoms with van der Waals surface area (Å²) in [5.74, 6) is 0. The molecule has 0 aromatic heterocycles. The first-order chi connectivity index (χ1) is 21.2. The highest BCUT2D eigenvalue weighted by atomic mass is 16.8. The zero-order chi connectivity index (χ0) is 33.3. The first kappa shape index (κ1) is 37.0. The lowest BCUT2D eigenvalue weighted by Crippen LogP contribution is -2.65. The number of aliphatic hydroxyl groups excluding tert-OH is 14. The first-order valence-corrected chi connectivity index (χ1v) is 14.1. The van der Waals surface area contributed by atoms with Gasteiger partial charge in [-0.05, 0) is 0 Å². The van der Waals surface area contributed by atoms with Crippen LogP contribution in [0.1, 0.15) is 0 Å². The summed E-state index contributed by atoms with van der Waals surface area (Å²) in [6.45, 7) is -2.90. The summed E-state index contributed by atoms with van der Waals surface area (Å²) in [4.78, 5) is 0. The normalized spacial score (nSPS) is 52.9. The highest BCUT2D eigenvalue weighted by molar-refractivity contribution is 4.95. The Balaban J connectivity index is 1.43. The van der Waals surface area contributed by atoms with Gasteiger partial charge in [0.25, 0.3) is 0 Å². The molecule has 0 aliphatic carbocycles.